The molecule has 0 heterocycles. The third kappa shape index (κ3) is 8.64. The van der Waals surface area contributed by atoms with Crippen LogP contribution in [-0.2, 0) is 32.3 Å². The summed E-state index contributed by atoms with van der Waals surface area (Å²) in [5.74, 6) is -1.29. The van der Waals surface area contributed by atoms with Gasteiger partial charge in [-0.3, -0.25) is 13.9 Å². The Labute approximate surface area is 259 Å². The number of aryl methyl sites for hydroxylation is 1. The lowest BCUT2D eigenvalue weighted by Gasteiger charge is -2.32. The zero-order valence-electron chi connectivity index (χ0n) is 24.0. The van der Waals surface area contributed by atoms with E-state index < -0.39 is 56.9 Å². The molecule has 3 aromatic carbocycles. The van der Waals surface area contributed by atoms with E-state index in [0.29, 0.717) is 27.4 Å². The highest BCUT2D eigenvalue weighted by atomic mass is 35.5. The van der Waals surface area contributed by atoms with Crippen LogP contribution in [0.1, 0.15) is 43.9 Å². The van der Waals surface area contributed by atoms with E-state index in [4.69, 9.17) is 23.2 Å². The summed E-state index contributed by atoms with van der Waals surface area (Å²) in [6, 6.07) is 13.5. The van der Waals surface area contributed by atoms with E-state index in [1.54, 1.807) is 38.1 Å². The number of rotatable bonds is 11. The Bertz CT molecular complexity index is 1550. The van der Waals surface area contributed by atoms with E-state index in [-0.39, 0.29) is 17.5 Å². The second-order valence-corrected chi connectivity index (χ2v) is 12.8. The molecule has 13 heteroatoms. The summed E-state index contributed by atoms with van der Waals surface area (Å²) in [7, 11) is -4.56. The van der Waals surface area contributed by atoms with Gasteiger partial charge in [0, 0.05) is 17.6 Å². The maximum Gasteiger partial charge on any atom is 0.417 e. The van der Waals surface area contributed by atoms with Crippen LogP contribution in [0.25, 0.3) is 0 Å². The van der Waals surface area contributed by atoms with E-state index in [1.807, 2.05) is 6.92 Å². The number of halogens is 5. The van der Waals surface area contributed by atoms with Gasteiger partial charge in [-0.15, -0.1) is 0 Å². The SMILES string of the molecule is CC[C@H](C)NC(=O)[C@H](C)N(Cc1ccc(Cl)cc1)C(=O)CN(c1ccc(Cl)c(C(F)(F)F)c1)S(=O)(=O)c1ccc(C)cc1. The van der Waals surface area contributed by atoms with Gasteiger partial charge >= 0.3 is 6.18 Å². The highest BCUT2D eigenvalue weighted by molar-refractivity contribution is 7.92. The molecule has 3 aromatic rings. The lowest BCUT2D eigenvalue weighted by atomic mass is 10.1. The van der Waals surface area contributed by atoms with Crippen molar-refractivity contribution >= 4 is 50.7 Å². The number of carbonyl (C=O) groups is 2. The molecule has 232 valence electrons. The molecule has 0 radical (unpaired) electrons. The van der Waals surface area contributed by atoms with E-state index in [0.717, 1.165) is 17.7 Å². The Hall–Kier alpha value is -3.28. The van der Waals surface area contributed by atoms with Gasteiger partial charge in [-0.05, 0) is 75.2 Å². The average Bonchev–Trinajstić information content (AvgIpc) is 2.95. The van der Waals surface area contributed by atoms with Crippen LogP contribution in [0.4, 0.5) is 18.9 Å². The molecule has 1 N–H and O–H groups in total. The number of alkyl halides is 3. The molecule has 0 aliphatic heterocycles. The number of hydrogen-bond donors (Lipinski definition) is 1. The van der Waals surface area contributed by atoms with Crippen LogP contribution in [0.5, 0.6) is 0 Å². The van der Waals surface area contributed by atoms with Crippen molar-refractivity contribution in [2.45, 2.75) is 63.8 Å². The number of benzene rings is 3. The molecule has 0 aliphatic rings. The largest absolute Gasteiger partial charge is 0.417 e. The van der Waals surface area contributed by atoms with Gasteiger partial charge in [0.05, 0.1) is 21.2 Å². The van der Waals surface area contributed by atoms with E-state index >= 15 is 0 Å². The molecule has 0 unspecified atom stereocenters. The van der Waals surface area contributed by atoms with Gasteiger partial charge in [0.15, 0.2) is 0 Å². The predicted octanol–water partition coefficient (Wildman–Crippen LogP) is 6.85. The first-order valence-corrected chi connectivity index (χ1v) is 15.5. The van der Waals surface area contributed by atoms with Gasteiger partial charge in [-0.1, -0.05) is 60.0 Å². The van der Waals surface area contributed by atoms with Crippen LogP contribution in [-0.4, -0.2) is 43.8 Å². The van der Waals surface area contributed by atoms with E-state index in [2.05, 4.69) is 5.32 Å². The fourth-order valence-corrected chi connectivity index (χ4v) is 5.84. The normalized spacial score (nSPS) is 13.2. The van der Waals surface area contributed by atoms with Crippen molar-refractivity contribution in [3.8, 4) is 0 Å². The third-order valence-electron chi connectivity index (χ3n) is 6.87. The minimum Gasteiger partial charge on any atom is -0.352 e. The monoisotopic (exact) mass is 657 g/mol. The highest BCUT2D eigenvalue weighted by Crippen LogP contribution is 2.38. The van der Waals surface area contributed by atoms with Crippen molar-refractivity contribution in [3.05, 3.63) is 93.5 Å². The van der Waals surface area contributed by atoms with Crippen molar-refractivity contribution in [1.82, 2.24) is 10.2 Å². The van der Waals surface area contributed by atoms with Crippen molar-refractivity contribution in [2.24, 2.45) is 0 Å². The summed E-state index contributed by atoms with van der Waals surface area (Å²) in [4.78, 5) is 28.0. The molecule has 7 nitrogen and oxygen atoms in total. The maximum atomic E-state index is 13.9. The van der Waals surface area contributed by atoms with Crippen molar-refractivity contribution in [3.63, 3.8) is 0 Å². The molecule has 2 amide bonds. The fraction of sp³-hybridized carbons (Fsp3) is 0.333. The molecule has 0 saturated heterocycles. The summed E-state index contributed by atoms with van der Waals surface area (Å²) in [5, 5.41) is 2.63. The number of sulfonamides is 1. The van der Waals surface area contributed by atoms with Crippen LogP contribution in [0.3, 0.4) is 0 Å². The average molecular weight is 659 g/mol. The van der Waals surface area contributed by atoms with E-state index in [9.17, 15) is 31.2 Å². The molecule has 43 heavy (non-hydrogen) atoms. The van der Waals surface area contributed by atoms with E-state index in [1.165, 1.54) is 36.1 Å². The number of amides is 2. The van der Waals surface area contributed by atoms with Crippen molar-refractivity contribution < 1.29 is 31.2 Å². The van der Waals surface area contributed by atoms with Crippen LogP contribution >= 0.6 is 23.2 Å². The Morgan fingerprint density at radius 3 is 2.12 bits per heavy atom. The van der Waals surface area contributed by atoms with Crippen LogP contribution < -0.4 is 9.62 Å². The number of nitrogens with zero attached hydrogens (tertiary/aromatic N) is 2. The zero-order chi connectivity index (χ0) is 32.1. The standard InChI is InChI=1S/C30H32Cl2F3N3O4S/c1-5-20(3)36-29(40)21(4)37(17-22-8-10-23(31)11-9-22)28(39)18-38(43(41,42)25-13-6-19(2)7-14-25)24-12-15-27(32)26(16-24)30(33,34)35/h6-16,20-21H,5,17-18H2,1-4H3,(H,36,40)/t20-,21-/m0/s1. The molecule has 0 fully saturated rings. The molecule has 0 aliphatic carbocycles. The zero-order valence-corrected chi connectivity index (χ0v) is 26.3. The topological polar surface area (TPSA) is 86.8 Å². The Balaban J connectivity index is 2.11. The smallest absolute Gasteiger partial charge is 0.352 e. The molecule has 0 spiro atoms. The predicted molar refractivity (Wildman–Crippen MR) is 162 cm³/mol. The molecule has 3 rings (SSSR count). The number of hydrogen-bond acceptors (Lipinski definition) is 4. The fourth-order valence-electron chi connectivity index (χ4n) is 4.09. The lowest BCUT2D eigenvalue weighted by Crippen LogP contribution is -2.52. The first kappa shape index (κ1) is 34.2. The summed E-state index contributed by atoms with van der Waals surface area (Å²) in [6.07, 6.45) is -4.26. The minimum absolute atomic E-state index is 0.0993. The molecule has 0 saturated carbocycles. The van der Waals surface area contributed by atoms with Crippen LogP contribution in [0.2, 0.25) is 10.0 Å². The lowest BCUT2D eigenvalue weighted by molar-refractivity contribution is -0.139. The van der Waals surface area contributed by atoms with Crippen molar-refractivity contribution in [2.75, 3.05) is 10.8 Å². The molecular weight excluding hydrogens is 626 g/mol. The van der Waals surface area contributed by atoms with Gasteiger partial charge in [0.1, 0.15) is 12.6 Å². The Morgan fingerprint density at radius 1 is 0.953 bits per heavy atom. The van der Waals surface area contributed by atoms with Gasteiger partial charge in [-0.2, -0.15) is 13.2 Å². The number of carbonyl (C=O) groups excluding carboxylic acids is 2. The summed E-state index contributed by atoms with van der Waals surface area (Å²) >= 11 is 11.8. The summed E-state index contributed by atoms with van der Waals surface area (Å²) in [5.41, 5.74) is -0.334. The summed E-state index contributed by atoms with van der Waals surface area (Å²) < 4.78 is 69.6. The minimum atomic E-state index is -4.89. The van der Waals surface area contributed by atoms with Gasteiger partial charge in [0.2, 0.25) is 11.8 Å². The third-order valence-corrected chi connectivity index (χ3v) is 9.24. The van der Waals surface area contributed by atoms with Gasteiger partial charge < -0.3 is 10.2 Å². The maximum absolute atomic E-state index is 13.9. The first-order chi connectivity index (χ1) is 20.0. The number of anilines is 1. The highest BCUT2D eigenvalue weighted by Gasteiger charge is 2.37. The molecular formula is C30H32Cl2F3N3O4S. The first-order valence-electron chi connectivity index (χ1n) is 13.3. The quantitative estimate of drug-likeness (QED) is 0.244. The van der Waals surface area contributed by atoms with Crippen LogP contribution in [0.15, 0.2) is 71.6 Å². The number of nitrogens with one attached hydrogen (secondary N) is 1. The van der Waals surface area contributed by atoms with Gasteiger partial charge in [0.25, 0.3) is 10.0 Å². The summed E-state index contributed by atoms with van der Waals surface area (Å²) in [6.45, 7) is 5.91. The second-order valence-electron chi connectivity index (χ2n) is 10.1. The molecule has 0 aromatic heterocycles. The van der Waals surface area contributed by atoms with Crippen molar-refractivity contribution in [1.29, 1.82) is 0 Å². The Morgan fingerprint density at radius 2 is 1.56 bits per heavy atom. The molecule has 2 atom stereocenters. The Kier molecular flexibility index (Phi) is 11.1. The molecule has 0 bridgehead atoms. The second kappa shape index (κ2) is 14.0. The van der Waals surface area contributed by atoms with Crippen LogP contribution in [0, 0.1) is 6.92 Å². The van der Waals surface area contributed by atoms with Gasteiger partial charge in [-0.25, -0.2) is 8.42 Å².